The number of sulfone groups is 1. The van der Waals surface area contributed by atoms with Crippen LogP contribution in [0.25, 0.3) is 0 Å². The second-order valence-corrected chi connectivity index (χ2v) is 11.6. The van der Waals surface area contributed by atoms with Crippen LogP contribution < -0.4 is 5.32 Å². The Morgan fingerprint density at radius 2 is 1.76 bits per heavy atom. The maximum absolute atomic E-state index is 13.4. The van der Waals surface area contributed by atoms with Crippen LogP contribution >= 0.6 is 0 Å². The second-order valence-electron chi connectivity index (χ2n) is 9.41. The monoisotopic (exact) mass is 481 g/mol. The fourth-order valence-corrected chi connectivity index (χ4v) is 7.02. The predicted molar refractivity (Wildman–Crippen MR) is 125 cm³/mol. The maximum atomic E-state index is 13.4. The molecule has 2 aromatic carbocycles. The van der Waals surface area contributed by atoms with E-state index >= 15 is 0 Å². The molecule has 5 rings (SSSR count). The van der Waals surface area contributed by atoms with E-state index < -0.39 is 39.9 Å². The van der Waals surface area contributed by atoms with Gasteiger partial charge in [0.05, 0.1) is 11.5 Å². The minimum Gasteiger partial charge on any atom is -0.333 e. The summed E-state index contributed by atoms with van der Waals surface area (Å²) in [6, 6.07) is 16.1. The van der Waals surface area contributed by atoms with Gasteiger partial charge in [-0.2, -0.15) is 0 Å². The summed E-state index contributed by atoms with van der Waals surface area (Å²) in [6.45, 7) is -0.181. The third-order valence-corrected chi connectivity index (χ3v) is 8.89. The largest absolute Gasteiger partial charge is 0.333 e. The quantitative estimate of drug-likeness (QED) is 0.655. The van der Waals surface area contributed by atoms with Gasteiger partial charge < -0.3 is 10.2 Å². The Bertz CT molecular complexity index is 1250. The van der Waals surface area contributed by atoms with E-state index in [-0.39, 0.29) is 24.0 Å². The van der Waals surface area contributed by atoms with Gasteiger partial charge in [-0.1, -0.05) is 54.6 Å². The van der Waals surface area contributed by atoms with Gasteiger partial charge >= 0.3 is 6.03 Å². The zero-order valence-corrected chi connectivity index (χ0v) is 19.6. The van der Waals surface area contributed by atoms with Crippen molar-refractivity contribution in [2.24, 2.45) is 0 Å². The molecule has 0 unspecified atom stereocenters. The third-order valence-electron chi connectivity index (χ3n) is 7.14. The van der Waals surface area contributed by atoms with E-state index in [0.29, 0.717) is 25.7 Å². The van der Waals surface area contributed by atoms with Crippen molar-refractivity contribution in [3.63, 3.8) is 0 Å². The lowest BCUT2D eigenvalue weighted by atomic mass is 9.78. The minimum atomic E-state index is -3.22. The number of nitrogens with one attached hydrogen (secondary N) is 1. The minimum absolute atomic E-state index is 0.0297. The van der Waals surface area contributed by atoms with E-state index in [1.54, 1.807) is 0 Å². The lowest BCUT2D eigenvalue weighted by Gasteiger charge is -2.33. The summed E-state index contributed by atoms with van der Waals surface area (Å²) in [4.78, 5) is 42.2. The van der Waals surface area contributed by atoms with Crippen LogP contribution in [0, 0.1) is 0 Å². The molecule has 1 spiro atoms. The van der Waals surface area contributed by atoms with Crippen molar-refractivity contribution in [3.8, 4) is 0 Å². The number of carbonyl (C=O) groups is 3. The molecule has 0 bridgehead atoms. The fraction of sp³-hybridized carbons (Fsp3) is 0.400. The summed E-state index contributed by atoms with van der Waals surface area (Å²) in [5, 5.41) is 2.86. The Balaban J connectivity index is 1.36. The van der Waals surface area contributed by atoms with Crippen LogP contribution in [0.15, 0.2) is 54.6 Å². The van der Waals surface area contributed by atoms with Crippen LogP contribution in [0.5, 0.6) is 0 Å². The SMILES string of the molecule is O=C1N[C@@]2(CCc3ccccc3C2)C(=O)N1CC(=O)N(Cc1ccccc1)[C@H]1CCS(=O)(=O)C1. The number of hydrogen-bond donors (Lipinski definition) is 1. The van der Waals surface area contributed by atoms with Gasteiger partial charge in [-0.3, -0.25) is 14.5 Å². The third kappa shape index (κ3) is 4.20. The normalized spacial score (nSPS) is 25.3. The van der Waals surface area contributed by atoms with Crippen molar-refractivity contribution in [2.75, 3.05) is 18.1 Å². The van der Waals surface area contributed by atoms with Crippen LogP contribution in [-0.2, 0) is 38.8 Å². The van der Waals surface area contributed by atoms with E-state index in [1.165, 1.54) is 10.5 Å². The highest BCUT2D eigenvalue weighted by Gasteiger charge is 2.53. The van der Waals surface area contributed by atoms with Gasteiger partial charge in [0.1, 0.15) is 12.1 Å². The summed E-state index contributed by atoms with van der Waals surface area (Å²) < 4.78 is 24.2. The number of fused-ring (bicyclic) bond motifs is 1. The molecular formula is C25H27N3O5S. The zero-order valence-electron chi connectivity index (χ0n) is 18.8. The summed E-state index contributed by atoms with van der Waals surface area (Å²) in [7, 11) is -3.22. The van der Waals surface area contributed by atoms with Crippen molar-refractivity contribution in [1.29, 1.82) is 0 Å². The van der Waals surface area contributed by atoms with Crippen molar-refractivity contribution in [2.45, 2.75) is 43.8 Å². The number of aryl methyl sites for hydroxylation is 1. The van der Waals surface area contributed by atoms with Gasteiger partial charge in [-0.25, -0.2) is 13.2 Å². The first-order valence-electron chi connectivity index (χ1n) is 11.5. The molecule has 1 aliphatic carbocycles. The lowest BCUT2D eigenvalue weighted by molar-refractivity contribution is -0.140. The van der Waals surface area contributed by atoms with Crippen molar-refractivity contribution in [1.82, 2.24) is 15.1 Å². The van der Waals surface area contributed by atoms with Gasteiger partial charge in [0.15, 0.2) is 9.84 Å². The number of hydrogen-bond acceptors (Lipinski definition) is 5. The molecule has 2 atom stereocenters. The summed E-state index contributed by atoms with van der Waals surface area (Å²) in [5.41, 5.74) is 2.02. The topological polar surface area (TPSA) is 104 Å². The van der Waals surface area contributed by atoms with Crippen LogP contribution in [0.3, 0.4) is 0 Å². The smallest absolute Gasteiger partial charge is 0.325 e. The van der Waals surface area contributed by atoms with Crippen LogP contribution in [0.2, 0.25) is 0 Å². The molecule has 9 heteroatoms. The molecule has 2 saturated heterocycles. The van der Waals surface area contributed by atoms with E-state index in [0.717, 1.165) is 16.0 Å². The zero-order chi connectivity index (χ0) is 23.9. The maximum Gasteiger partial charge on any atom is 0.325 e. The molecule has 34 heavy (non-hydrogen) atoms. The molecule has 0 radical (unpaired) electrons. The van der Waals surface area contributed by atoms with E-state index in [4.69, 9.17) is 0 Å². The average molecular weight is 482 g/mol. The summed E-state index contributed by atoms with van der Waals surface area (Å²) in [5.74, 6) is -0.893. The van der Waals surface area contributed by atoms with Gasteiger partial charge in [0, 0.05) is 19.0 Å². The highest BCUT2D eigenvalue weighted by Crippen LogP contribution is 2.33. The van der Waals surface area contributed by atoms with Crippen molar-refractivity contribution in [3.05, 3.63) is 71.3 Å². The second kappa shape index (κ2) is 8.54. The molecule has 2 fully saturated rings. The van der Waals surface area contributed by atoms with Gasteiger partial charge in [0.2, 0.25) is 5.91 Å². The van der Waals surface area contributed by atoms with Gasteiger partial charge in [-0.05, 0) is 36.0 Å². The predicted octanol–water partition coefficient (Wildman–Crippen LogP) is 1.68. The Kier molecular flexibility index (Phi) is 5.67. The Morgan fingerprint density at radius 1 is 1.06 bits per heavy atom. The van der Waals surface area contributed by atoms with Crippen molar-refractivity contribution >= 4 is 27.7 Å². The molecule has 4 amide bonds. The number of amides is 4. The molecule has 8 nitrogen and oxygen atoms in total. The number of imide groups is 1. The summed E-state index contributed by atoms with van der Waals surface area (Å²) >= 11 is 0. The molecule has 1 N–H and O–H groups in total. The number of nitrogens with zero attached hydrogens (tertiary/aromatic N) is 2. The van der Waals surface area contributed by atoms with Crippen molar-refractivity contribution < 1.29 is 22.8 Å². The first kappa shape index (κ1) is 22.6. The molecule has 3 aliphatic rings. The standard InChI is InChI=1S/C25H27N3O5S/c29-22(27(15-18-6-2-1-3-7-18)21-11-13-34(32,33)17-21)16-28-23(30)25(26-24(28)31)12-10-19-8-4-5-9-20(19)14-25/h1-9,21H,10-17H2,(H,26,31)/t21-,25+/m0/s1. The van der Waals surface area contributed by atoms with E-state index in [2.05, 4.69) is 5.32 Å². The molecule has 0 aromatic heterocycles. The van der Waals surface area contributed by atoms with Gasteiger partial charge in [-0.15, -0.1) is 0 Å². The average Bonchev–Trinajstić information content (AvgIpc) is 3.29. The molecule has 178 valence electrons. The van der Waals surface area contributed by atoms with E-state index in [9.17, 15) is 22.8 Å². The number of carbonyl (C=O) groups excluding carboxylic acids is 3. The van der Waals surface area contributed by atoms with Crippen LogP contribution in [-0.4, -0.2) is 65.7 Å². The Morgan fingerprint density at radius 3 is 2.47 bits per heavy atom. The highest BCUT2D eigenvalue weighted by molar-refractivity contribution is 7.91. The Labute approximate surface area is 198 Å². The highest BCUT2D eigenvalue weighted by atomic mass is 32.2. The first-order chi connectivity index (χ1) is 16.3. The molecular weight excluding hydrogens is 454 g/mol. The Hall–Kier alpha value is -3.20. The molecule has 2 aromatic rings. The summed E-state index contributed by atoms with van der Waals surface area (Å²) in [6.07, 6.45) is 1.90. The first-order valence-corrected chi connectivity index (χ1v) is 13.3. The number of urea groups is 1. The lowest BCUT2D eigenvalue weighted by Crippen LogP contribution is -2.52. The number of benzene rings is 2. The van der Waals surface area contributed by atoms with E-state index in [1.807, 2.05) is 54.6 Å². The van der Waals surface area contributed by atoms with Gasteiger partial charge in [0.25, 0.3) is 5.91 Å². The molecule has 0 saturated carbocycles. The van der Waals surface area contributed by atoms with Crippen LogP contribution in [0.4, 0.5) is 4.79 Å². The molecule has 2 aliphatic heterocycles. The number of rotatable bonds is 5. The van der Waals surface area contributed by atoms with Crippen LogP contribution in [0.1, 0.15) is 29.5 Å². The fourth-order valence-electron chi connectivity index (χ4n) is 5.29. The molecule has 2 heterocycles.